The Morgan fingerprint density at radius 2 is 1.72 bits per heavy atom. The highest BCUT2D eigenvalue weighted by molar-refractivity contribution is 5.79. The molecule has 1 aromatic heterocycles. The number of carbonyl (C=O) groups is 1. The highest BCUT2D eigenvalue weighted by Gasteiger charge is 2.29. The molecule has 1 aliphatic carbocycles. The lowest BCUT2D eigenvalue weighted by Gasteiger charge is -2.17. The Labute approximate surface area is 170 Å². The second-order valence-electron chi connectivity index (χ2n) is 7.32. The van der Waals surface area contributed by atoms with E-state index in [9.17, 15) is 9.90 Å². The van der Waals surface area contributed by atoms with Gasteiger partial charge in [0, 0.05) is 37.4 Å². The van der Waals surface area contributed by atoms with E-state index in [1.54, 1.807) is 12.4 Å². The number of aliphatic hydroxyl groups is 1. The Morgan fingerprint density at radius 3 is 2.34 bits per heavy atom. The van der Waals surface area contributed by atoms with Crippen LogP contribution in [0.2, 0.25) is 0 Å². The summed E-state index contributed by atoms with van der Waals surface area (Å²) >= 11 is 0. The number of nitrogens with one attached hydrogen (secondary N) is 1. The highest BCUT2D eigenvalue weighted by Crippen LogP contribution is 2.44. The summed E-state index contributed by atoms with van der Waals surface area (Å²) in [6.45, 7) is 0.618. The molecule has 0 fully saturated rings. The predicted molar refractivity (Wildman–Crippen MR) is 112 cm³/mol. The topological polar surface area (TPSA) is 71.5 Å². The molecule has 29 heavy (non-hydrogen) atoms. The number of alkyl carbamates (subject to hydrolysis) is 1. The molecule has 1 unspecified atom stereocenters. The van der Waals surface area contributed by atoms with Crippen molar-refractivity contribution in [1.29, 1.82) is 0 Å². The molecular formula is C24H24N2O3. The molecule has 0 saturated heterocycles. The molecule has 1 amide bonds. The van der Waals surface area contributed by atoms with Crippen molar-refractivity contribution in [3.8, 4) is 11.1 Å². The third-order valence-electron chi connectivity index (χ3n) is 5.38. The molecule has 4 rings (SSSR count). The molecule has 0 aliphatic heterocycles. The van der Waals surface area contributed by atoms with Crippen LogP contribution in [0.5, 0.6) is 0 Å². The van der Waals surface area contributed by atoms with E-state index >= 15 is 0 Å². The van der Waals surface area contributed by atoms with Crippen LogP contribution in [0.1, 0.15) is 22.6 Å². The largest absolute Gasteiger partial charge is 0.449 e. The van der Waals surface area contributed by atoms with E-state index in [0.29, 0.717) is 13.0 Å². The van der Waals surface area contributed by atoms with Gasteiger partial charge in [0.05, 0.1) is 0 Å². The van der Waals surface area contributed by atoms with Crippen LogP contribution in [0.4, 0.5) is 4.79 Å². The van der Waals surface area contributed by atoms with Gasteiger partial charge in [-0.25, -0.2) is 4.79 Å². The Morgan fingerprint density at radius 1 is 1.03 bits per heavy atom. The molecule has 5 heteroatoms. The van der Waals surface area contributed by atoms with Crippen molar-refractivity contribution >= 4 is 6.09 Å². The van der Waals surface area contributed by atoms with E-state index in [0.717, 1.165) is 5.56 Å². The second-order valence-corrected chi connectivity index (χ2v) is 7.32. The summed E-state index contributed by atoms with van der Waals surface area (Å²) in [7, 11) is 0. The van der Waals surface area contributed by atoms with E-state index in [-0.39, 0.29) is 25.0 Å². The van der Waals surface area contributed by atoms with Gasteiger partial charge in [0.2, 0.25) is 0 Å². The standard InChI is InChI=1S/C24H24N2O3/c27-15-18(12-17-6-5-11-25-13-17)14-26-24(28)29-16-23-21-9-3-1-7-19(21)20-8-2-4-10-22(20)23/h1-11,13,18,23,27H,12,14-16H2,(H,26,28). The number of rotatable bonds is 7. The Balaban J connectivity index is 1.34. The molecule has 1 atom stereocenters. The van der Waals surface area contributed by atoms with E-state index in [2.05, 4.69) is 34.6 Å². The van der Waals surface area contributed by atoms with E-state index < -0.39 is 6.09 Å². The fourth-order valence-corrected chi connectivity index (χ4v) is 3.93. The van der Waals surface area contributed by atoms with E-state index in [1.165, 1.54) is 22.3 Å². The quantitative estimate of drug-likeness (QED) is 0.646. The number of hydrogen-bond donors (Lipinski definition) is 2. The third kappa shape index (κ3) is 4.30. The number of pyridine rings is 1. The van der Waals surface area contributed by atoms with Crippen molar-refractivity contribution in [1.82, 2.24) is 10.3 Å². The molecule has 2 aromatic carbocycles. The lowest BCUT2D eigenvalue weighted by atomic mass is 9.98. The molecule has 0 bridgehead atoms. The average Bonchev–Trinajstić information content (AvgIpc) is 3.09. The summed E-state index contributed by atoms with van der Waals surface area (Å²) in [6, 6.07) is 20.3. The SMILES string of the molecule is O=C(NCC(CO)Cc1cccnc1)OCC1c2ccccc2-c2ccccc21. The number of benzene rings is 2. The van der Waals surface area contributed by atoms with Gasteiger partial charge in [-0.1, -0.05) is 54.6 Å². The van der Waals surface area contributed by atoms with E-state index in [4.69, 9.17) is 4.74 Å². The van der Waals surface area contributed by atoms with Gasteiger partial charge in [-0.05, 0) is 40.3 Å². The van der Waals surface area contributed by atoms with Gasteiger partial charge in [-0.3, -0.25) is 4.98 Å². The molecule has 0 spiro atoms. The van der Waals surface area contributed by atoms with E-state index in [1.807, 2.05) is 36.4 Å². The number of nitrogens with zero attached hydrogens (tertiary/aromatic N) is 1. The first-order chi connectivity index (χ1) is 14.3. The number of aliphatic hydroxyl groups excluding tert-OH is 1. The van der Waals surface area contributed by atoms with Crippen molar-refractivity contribution in [2.45, 2.75) is 12.3 Å². The highest BCUT2D eigenvalue weighted by atomic mass is 16.5. The molecule has 5 nitrogen and oxygen atoms in total. The molecule has 1 aliphatic rings. The van der Waals surface area contributed by atoms with Gasteiger partial charge in [0.1, 0.15) is 6.61 Å². The van der Waals surface area contributed by atoms with Crippen LogP contribution >= 0.6 is 0 Å². The maximum atomic E-state index is 12.3. The van der Waals surface area contributed by atoms with Crippen LogP contribution in [0, 0.1) is 5.92 Å². The number of fused-ring (bicyclic) bond motifs is 3. The minimum absolute atomic E-state index is 0.0153. The Hall–Kier alpha value is -3.18. The third-order valence-corrected chi connectivity index (χ3v) is 5.38. The minimum atomic E-state index is -0.462. The normalized spacial score (nSPS) is 13.4. The maximum Gasteiger partial charge on any atom is 0.407 e. The molecule has 0 radical (unpaired) electrons. The summed E-state index contributed by atoms with van der Waals surface area (Å²) in [6.07, 6.45) is 3.67. The first kappa shape index (κ1) is 19.2. The van der Waals surface area contributed by atoms with Crippen molar-refractivity contribution < 1.29 is 14.6 Å². The van der Waals surface area contributed by atoms with Crippen molar-refractivity contribution in [3.63, 3.8) is 0 Å². The molecular weight excluding hydrogens is 364 g/mol. The lowest BCUT2D eigenvalue weighted by Crippen LogP contribution is -2.33. The van der Waals surface area contributed by atoms with Crippen LogP contribution < -0.4 is 5.32 Å². The molecule has 0 saturated carbocycles. The number of amides is 1. The van der Waals surface area contributed by atoms with Crippen LogP contribution in [0.3, 0.4) is 0 Å². The number of ether oxygens (including phenoxy) is 1. The first-order valence-corrected chi connectivity index (χ1v) is 9.85. The minimum Gasteiger partial charge on any atom is -0.449 e. The lowest BCUT2D eigenvalue weighted by molar-refractivity contribution is 0.138. The average molecular weight is 388 g/mol. The molecule has 1 heterocycles. The van der Waals surface area contributed by atoms with Gasteiger partial charge in [0.15, 0.2) is 0 Å². The zero-order valence-electron chi connectivity index (χ0n) is 16.1. The van der Waals surface area contributed by atoms with Crippen LogP contribution in [0.15, 0.2) is 73.1 Å². The second kappa shape index (κ2) is 8.88. The zero-order chi connectivity index (χ0) is 20.1. The van der Waals surface area contributed by atoms with Crippen LogP contribution in [0.25, 0.3) is 11.1 Å². The Kier molecular flexibility index (Phi) is 5.86. The summed E-state index contributed by atoms with van der Waals surface area (Å²) in [4.78, 5) is 16.4. The zero-order valence-corrected chi connectivity index (χ0v) is 16.1. The first-order valence-electron chi connectivity index (χ1n) is 9.85. The number of aromatic nitrogens is 1. The summed E-state index contributed by atoms with van der Waals surface area (Å²) < 4.78 is 5.54. The summed E-state index contributed by atoms with van der Waals surface area (Å²) in [5, 5.41) is 12.4. The fourth-order valence-electron chi connectivity index (χ4n) is 3.93. The maximum absolute atomic E-state index is 12.3. The molecule has 148 valence electrons. The van der Waals surface area contributed by atoms with Crippen molar-refractivity contribution in [2.24, 2.45) is 5.92 Å². The van der Waals surface area contributed by atoms with Crippen molar-refractivity contribution in [2.75, 3.05) is 19.8 Å². The summed E-state index contributed by atoms with van der Waals surface area (Å²) in [5.41, 5.74) is 5.81. The molecule has 3 aromatic rings. The fraction of sp³-hybridized carbons (Fsp3) is 0.250. The number of carbonyl (C=O) groups excluding carboxylic acids is 1. The predicted octanol–water partition coefficient (Wildman–Crippen LogP) is 3.77. The van der Waals surface area contributed by atoms with Gasteiger partial charge in [-0.2, -0.15) is 0 Å². The van der Waals surface area contributed by atoms with Crippen LogP contribution in [-0.2, 0) is 11.2 Å². The van der Waals surface area contributed by atoms with Gasteiger partial charge < -0.3 is 15.2 Å². The van der Waals surface area contributed by atoms with Crippen molar-refractivity contribution in [3.05, 3.63) is 89.7 Å². The van der Waals surface area contributed by atoms with Gasteiger partial charge in [0.25, 0.3) is 0 Å². The van der Waals surface area contributed by atoms with Gasteiger partial charge in [-0.15, -0.1) is 0 Å². The summed E-state index contributed by atoms with van der Waals surface area (Å²) in [5.74, 6) is -0.0446. The molecule has 2 N–H and O–H groups in total. The number of hydrogen-bond acceptors (Lipinski definition) is 4. The Bertz CT molecular complexity index is 929. The monoisotopic (exact) mass is 388 g/mol. The van der Waals surface area contributed by atoms with Crippen LogP contribution in [-0.4, -0.2) is 35.9 Å². The smallest absolute Gasteiger partial charge is 0.407 e. The van der Waals surface area contributed by atoms with Gasteiger partial charge >= 0.3 is 6.09 Å².